The maximum atomic E-state index is 12.4. The molecule has 1 saturated heterocycles. The minimum atomic E-state index is -4.36. The highest BCUT2D eigenvalue weighted by Gasteiger charge is 2.33. The molecule has 2 heterocycles. The normalized spacial score (nSPS) is 21.2. The number of aromatic nitrogens is 1. The van der Waals surface area contributed by atoms with Crippen molar-refractivity contribution in [1.29, 1.82) is 0 Å². The molecular formula is C9H8ClF3N2. The number of pyridine rings is 1. The molecule has 0 aromatic carbocycles. The Bertz CT molecular complexity index is 374. The first-order valence-corrected chi connectivity index (χ1v) is 4.82. The van der Waals surface area contributed by atoms with Crippen molar-refractivity contribution in [3.8, 4) is 0 Å². The van der Waals surface area contributed by atoms with Gasteiger partial charge in [0.05, 0.1) is 5.56 Å². The molecule has 1 fully saturated rings. The van der Waals surface area contributed by atoms with Crippen molar-refractivity contribution < 1.29 is 13.2 Å². The molecule has 0 amide bonds. The third-order valence-corrected chi connectivity index (χ3v) is 2.71. The van der Waals surface area contributed by atoms with Crippen molar-refractivity contribution >= 4 is 11.6 Å². The van der Waals surface area contributed by atoms with Crippen LogP contribution >= 0.6 is 11.6 Å². The molecule has 1 aliphatic rings. The van der Waals surface area contributed by atoms with Gasteiger partial charge in [-0.25, -0.2) is 4.98 Å². The Kier molecular flexibility index (Phi) is 2.60. The first-order valence-electron chi connectivity index (χ1n) is 4.44. The molecule has 1 aliphatic heterocycles. The Morgan fingerprint density at radius 2 is 2.13 bits per heavy atom. The highest BCUT2D eigenvalue weighted by molar-refractivity contribution is 6.30. The fourth-order valence-electron chi connectivity index (χ4n) is 1.42. The van der Waals surface area contributed by atoms with Crippen LogP contribution in [0.15, 0.2) is 12.3 Å². The van der Waals surface area contributed by atoms with Crippen molar-refractivity contribution in [3.05, 3.63) is 28.5 Å². The van der Waals surface area contributed by atoms with Gasteiger partial charge < -0.3 is 5.32 Å². The van der Waals surface area contributed by atoms with Gasteiger partial charge in [0.2, 0.25) is 0 Å². The summed E-state index contributed by atoms with van der Waals surface area (Å²) in [5.74, 6) is 0. The molecule has 6 heteroatoms. The van der Waals surface area contributed by atoms with Crippen LogP contribution in [0.1, 0.15) is 23.6 Å². The molecule has 82 valence electrons. The minimum absolute atomic E-state index is 0.0905. The first-order chi connectivity index (χ1) is 6.98. The Morgan fingerprint density at radius 3 is 2.60 bits per heavy atom. The fraction of sp³-hybridized carbons (Fsp3) is 0.444. The predicted octanol–water partition coefficient (Wildman–Crippen LogP) is 2.79. The zero-order valence-corrected chi connectivity index (χ0v) is 8.36. The standard InChI is InChI=1S/C9H8ClF3N2/c10-8-6(7-1-2-14-7)3-5(4-15-8)9(11,12)13/h3-4,7,14H,1-2H2. The van der Waals surface area contributed by atoms with E-state index in [1.165, 1.54) is 0 Å². The number of nitrogens with zero attached hydrogens (tertiary/aromatic N) is 1. The van der Waals surface area contributed by atoms with Crippen LogP contribution in [0.4, 0.5) is 13.2 Å². The number of hydrogen-bond acceptors (Lipinski definition) is 2. The summed E-state index contributed by atoms with van der Waals surface area (Å²) in [4.78, 5) is 3.55. The summed E-state index contributed by atoms with van der Waals surface area (Å²) >= 11 is 5.74. The van der Waals surface area contributed by atoms with Crippen LogP contribution in [-0.2, 0) is 6.18 Å². The molecule has 0 aliphatic carbocycles. The fourth-order valence-corrected chi connectivity index (χ4v) is 1.65. The van der Waals surface area contributed by atoms with Crippen LogP contribution in [0.5, 0.6) is 0 Å². The first kappa shape index (κ1) is 10.7. The third-order valence-electron chi connectivity index (χ3n) is 2.39. The van der Waals surface area contributed by atoms with E-state index in [0.717, 1.165) is 25.2 Å². The third kappa shape index (κ3) is 2.08. The summed E-state index contributed by atoms with van der Waals surface area (Å²) in [6.45, 7) is 0.803. The van der Waals surface area contributed by atoms with E-state index in [1.54, 1.807) is 0 Å². The quantitative estimate of drug-likeness (QED) is 0.759. The molecule has 15 heavy (non-hydrogen) atoms. The van der Waals surface area contributed by atoms with Crippen molar-refractivity contribution in [2.24, 2.45) is 0 Å². The molecular weight excluding hydrogens is 229 g/mol. The summed E-state index contributed by atoms with van der Waals surface area (Å²) in [6.07, 6.45) is -2.82. The summed E-state index contributed by atoms with van der Waals surface area (Å²) in [6, 6.07) is 0.971. The predicted molar refractivity (Wildman–Crippen MR) is 49.6 cm³/mol. The van der Waals surface area contributed by atoms with Crippen LogP contribution < -0.4 is 5.32 Å². The van der Waals surface area contributed by atoms with Crippen molar-refractivity contribution in [3.63, 3.8) is 0 Å². The summed E-state index contributed by atoms with van der Waals surface area (Å²) in [7, 11) is 0. The molecule has 2 rings (SSSR count). The minimum Gasteiger partial charge on any atom is -0.310 e. The van der Waals surface area contributed by atoms with Crippen LogP contribution in [0, 0.1) is 0 Å². The second-order valence-electron chi connectivity index (χ2n) is 3.40. The number of nitrogens with one attached hydrogen (secondary N) is 1. The lowest BCUT2D eigenvalue weighted by Crippen LogP contribution is -2.35. The number of hydrogen-bond donors (Lipinski definition) is 1. The van der Waals surface area contributed by atoms with Gasteiger partial charge >= 0.3 is 6.18 Å². The molecule has 0 radical (unpaired) electrons. The van der Waals surface area contributed by atoms with Crippen molar-refractivity contribution in [2.45, 2.75) is 18.6 Å². The highest BCUT2D eigenvalue weighted by atomic mass is 35.5. The van der Waals surface area contributed by atoms with Gasteiger partial charge in [-0.15, -0.1) is 0 Å². The van der Waals surface area contributed by atoms with E-state index in [2.05, 4.69) is 10.3 Å². The second-order valence-corrected chi connectivity index (χ2v) is 3.76. The summed E-state index contributed by atoms with van der Waals surface area (Å²) < 4.78 is 37.1. The summed E-state index contributed by atoms with van der Waals surface area (Å²) in [5, 5.41) is 3.13. The molecule has 0 saturated carbocycles. The van der Waals surface area contributed by atoms with E-state index >= 15 is 0 Å². The zero-order valence-electron chi connectivity index (χ0n) is 7.61. The molecule has 0 spiro atoms. The summed E-state index contributed by atoms with van der Waals surface area (Å²) in [5.41, 5.74) is -0.326. The van der Waals surface area contributed by atoms with Crippen LogP contribution in [0.2, 0.25) is 5.15 Å². The maximum absolute atomic E-state index is 12.4. The smallest absolute Gasteiger partial charge is 0.310 e. The van der Waals surface area contributed by atoms with E-state index in [1.807, 2.05) is 0 Å². The molecule has 1 N–H and O–H groups in total. The topological polar surface area (TPSA) is 24.9 Å². The van der Waals surface area contributed by atoms with Gasteiger partial charge in [-0.05, 0) is 19.0 Å². The second kappa shape index (κ2) is 3.64. The van der Waals surface area contributed by atoms with Gasteiger partial charge in [-0.3, -0.25) is 0 Å². The number of alkyl halides is 3. The number of halogens is 4. The van der Waals surface area contributed by atoms with Gasteiger partial charge in [-0.1, -0.05) is 11.6 Å². The molecule has 0 bridgehead atoms. The highest BCUT2D eigenvalue weighted by Crippen LogP contribution is 2.34. The largest absolute Gasteiger partial charge is 0.417 e. The van der Waals surface area contributed by atoms with Gasteiger partial charge in [0.25, 0.3) is 0 Å². The Labute approximate surface area is 89.5 Å². The Hall–Kier alpha value is -0.810. The zero-order chi connectivity index (χ0) is 11.1. The van der Waals surface area contributed by atoms with E-state index in [4.69, 9.17) is 11.6 Å². The van der Waals surface area contributed by atoms with E-state index in [0.29, 0.717) is 5.56 Å². The Morgan fingerprint density at radius 1 is 1.47 bits per heavy atom. The van der Waals surface area contributed by atoms with Gasteiger partial charge in [-0.2, -0.15) is 13.2 Å². The SMILES string of the molecule is FC(F)(F)c1cnc(Cl)c(C2CCN2)c1. The van der Waals surface area contributed by atoms with Gasteiger partial charge in [0.1, 0.15) is 5.15 Å². The van der Waals surface area contributed by atoms with Gasteiger partial charge in [0, 0.05) is 17.8 Å². The van der Waals surface area contributed by atoms with E-state index in [-0.39, 0.29) is 11.2 Å². The van der Waals surface area contributed by atoms with E-state index in [9.17, 15) is 13.2 Å². The molecule has 1 atom stereocenters. The average molecular weight is 237 g/mol. The van der Waals surface area contributed by atoms with Crippen molar-refractivity contribution in [1.82, 2.24) is 10.3 Å². The lowest BCUT2D eigenvalue weighted by molar-refractivity contribution is -0.137. The van der Waals surface area contributed by atoms with Crippen molar-refractivity contribution in [2.75, 3.05) is 6.54 Å². The number of rotatable bonds is 1. The van der Waals surface area contributed by atoms with E-state index < -0.39 is 11.7 Å². The van der Waals surface area contributed by atoms with Gasteiger partial charge in [0.15, 0.2) is 0 Å². The monoisotopic (exact) mass is 236 g/mol. The lowest BCUT2D eigenvalue weighted by atomic mass is 9.98. The van der Waals surface area contributed by atoms with Crippen LogP contribution in [0.3, 0.4) is 0 Å². The molecule has 1 unspecified atom stereocenters. The maximum Gasteiger partial charge on any atom is 0.417 e. The molecule has 2 nitrogen and oxygen atoms in total. The van der Waals surface area contributed by atoms with Crippen LogP contribution in [0.25, 0.3) is 0 Å². The lowest BCUT2D eigenvalue weighted by Gasteiger charge is -2.28. The average Bonchev–Trinajstić information content (AvgIpc) is 2.03. The molecule has 1 aromatic heterocycles. The Balaban J connectivity index is 2.36. The molecule has 1 aromatic rings. The van der Waals surface area contributed by atoms with Crippen LogP contribution in [-0.4, -0.2) is 11.5 Å².